The molecule has 2 atom stereocenters. The summed E-state index contributed by atoms with van der Waals surface area (Å²) in [5.41, 5.74) is 0. The predicted molar refractivity (Wildman–Crippen MR) is 42.5 cm³/mol. The van der Waals surface area contributed by atoms with E-state index in [0.717, 1.165) is 0 Å². The van der Waals surface area contributed by atoms with Gasteiger partial charge in [-0.25, -0.2) is 4.84 Å². The molecule has 0 bridgehead atoms. The second-order valence-electron chi connectivity index (χ2n) is 3.75. The minimum atomic E-state index is -6.57. The monoisotopic (exact) mass is 287 g/mol. The lowest BCUT2D eigenvalue weighted by molar-refractivity contribution is -0.379. The molecule has 1 unspecified atom stereocenters. The number of hydrogen-bond donors (Lipinski definition) is 0. The zero-order valence-corrected chi connectivity index (χ0v) is 9.00. The van der Waals surface area contributed by atoms with Crippen molar-refractivity contribution in [3.63, 3.8) is 0 Å². The Morgan fingerprint density at radius 3 is 1.94 bits per heavy atom. The van der Waals surface area contributed by atoms with Crippen LogP contribution in [-0.2, 0) is 4.84 Å². The first-order valence-electron chi connectivity index (χ1n) is 4.90. The molecule has 108 valence electrons. The molecule has 18 heavy (non-hydrogen) atoms. The van der Waals surface area contributed by atoms with E-state index in [1.807, 2.05) is 0 Å². The molecule has 1 aliphatic rings. The van der Waals surface area contributed by atoms with Gasteiger partial charge in [-0.15, -0.1) is 5.06 Å². The molecule has 0 radical (unpaired) electrons. The first-order chi connectivity index (χ1) is 7.92. The minimum absolute atomic E-state index is 0.110. The Morgan fingerprint density at radius 1 is 1.06 bits per heavy atom. The summed E-state index contributed by atoms with van der Waals surface area (Å²) in [7, 11) is 0. The van der Waals surface area contributed by atoms with Gasteiger partial charge >= 0.3 is 24.0 Å². The van der Waals surface area contributed by atoms with Crippen molar-refractivity contribution < 1.29 is 40.0 Å². The number of alkyl halides is 8. The molecule has 10 heteroatoms. The van der Waals surface area contributed by atoms with E-state index < -0.39 is 30.5 Å². The molecular formula is C8H9F8NO. The third kappa shape index (κ3) is 2.04. The Hall–Kier alpha value is -0.640. The molecule has 2 nitrogen and oxygen atoms in total. The summed E-state index contributed by atoms with van der Waals surface area (Å²) in [6, 6.07) is 0. The molecule has 0 N–H and O–H groups in total. The van der Waals surface area contributed by atoms with Gasteiger partial charge in [0.15, 0.2) is 0 Å². The summed E-state index contributed by atoms with van der Waals surface area (Å²) in [6.07, 6.45) is -6.06. The number of rotatable bonds is 5. The fraction of sp³-hybridized carbons (Fsp3) is 1.00. The Kier molecular flexibility index (Phi) is 3.59. The molecule has 1 fully saturated rings. The van der Waals surface area contributed by atoms with Gasteiger partial charge in [-0.2, -0.15) is 35.1 Å². The smallest absolute Gasteiger partial charge is 0.231 e. The van der Waals surface area contributed by atoms with Crippen LogP contribution in [0.5, 0.6) is 0 Å². The summed E-state index contributed by atoms with van der Waals surface area (Å²) in [5.74, 6) is -17.0. The summed E-state index contributed by atoms with van der Waals surface area (Å²) in [4.78, 5) is 3.59. The topological polar surface area (TPSA) is 15.5 Å². The molecule has 0 aromatic heterocycles. The van der Waals surface area contributed by atoms with Gasteiger partial charge in [0.25, 0.3) is 0 Å². The van der Waals surface area contributed by atoms with E-state index in [-0.39, 0.29) is 11.5 Å². The van der Waals surface area contributed by atoms with Crippen LogP contribution in [-0.4, -0.2) is 35.6 Å². The van der Waals surface area contributed by atoms with Gasteiger partial charge in [0, 0.05) is 6.54 Å². The van der Waals surface area contributed by atoms with Crippen molar-refractivity contribution in [1.29, 1.82) is 0 Å². The van der Waals surface area contributed by atoms with Gasteiger partial charge in [-0.3, -0.25) is 0 Å². The summed E-state index contributed by atoms with van der Waals surface area (Å²) < 4.78 is 99.6. The first kappa shape index (κ1) is 15.4. The Morgan fingerprint density at radius 2 is 1.56 bits per heavy atom. The zero-order chi connectivity index (χ0) is 14.4. The normalized spacial score (nSPS) is 29.5. The molecule has 0 aromatic rings. The van der Waals surface area contributed by atoms with E-state index >= 15 is 0 Å². The first-order valence-corrected chi connectivity index (χ1v) is 4.90. The van der Waals surface area contributed by atoms with E-state index in [2.05, 4.69) is 4.84 Å². The molecule has 0 aromatic carbocycles. The lowest BCUT2D eigenvalue weighted by atomic mass is 10.1. The van der Waals surface area contributed by atoms with Gasteiger partial charge in [0.05, 0.1) is 0 Å². The number of hydrogen-bond acceptors (Lipinski definition) is 2. The van der Waals surface area contributed by atoms with Crippen LogP contribution in [0.1, 0.15) is 19.8 Å². The van der Waals surface area contributed by atoms with Crippen LogP contribution in [0.3, 0.4) is 0 Å². The second-order valence-corrected chi connectivity index (χ2v) is 3.75. The average Bonchev–Trinajstić information content (AvgIpc) is 2.86. The molecule has 0 aliphatic carbocycles. The maximum absolute atomic E-state index is 13.3. The maximum Gasteiger partial charge on any atom is 0.460 e. The summed E-state index contributed by atoms with van der Waals surface area (Å²) in [6.45, 7) is 1.09. The SMILES string of the molecule is CCCCN1O[C@]1(F)C(F)(F)C(F)(F)C(F)(F)F. The predicted octanol–water partition coefficient (Wildman–Crippen LogP) is 3.49. The van der Waals surface area contributed by atoms with E-state index in [9.17, 15) is 35.1 Å². The molecule has 0 amide bonds. The van der Waals surface area contributed by atoms with Crippen LogP contribution >= 0.6 is 0 Å². The summed E-state index contributed by atoms with van der Waals surface area (Å²) in [5, 5.41) is -0.212. The van der Waals surface area contributed by atoms with Crippen molar-refractivity contribution in [3.8, 4) is 0 Å². The molecule has 1 heterocycles. The Balaban J connectivity index is 2.89. The molecule has 0 saturated carbocycles. The fourth-order valence-corrected chi connectivity index (χ4v) is 1.20. The highest BCUT2D eigenvalue weighted by Crippen LogP contribution is 2.59. The molecule has 0 spiro atoms. The van der Waals surface area contributed by atoms with Crippen molar-refractivity contribution in [2.24, 2.45) is 0 Å². The van der Waals surface area contributed by atoms with Gasteiger partial charge in [0.1, 0.15) is 0 Å². The van der Waals surface area contributed by atoms with Crippen LogP contribution in [0.2, 0.25) is 0 Å². The van der Waals surface area contributed by atoms with Gasteiger partial charge in [-0.05, 0) is 6.42 Å². The molecule has 1 aliphatic heterocycles. The van der Waals surface area contributed by atoms with Gasteiger partial charge in [-0.1, -0.05) is 13.3 Å². The second kappa shape index (κ2) is 4.19. The number of unbranched alkanes of at least 4 members (excludes halogenated alkanes) is 1. The average molecular weight is 287 g/mol. The lowest BCUT2D eigenvalue weighted by Gasteiger charge is -2.28. The Bertz CT molecular complexity index is 317. The van der Waals surface area contributed by atoms with Crippen LogP contribution in [0.25, 0.3) is 0 Å². The van der Waals surface area contributed by atoms with Crippen LogP contribution in [0, 0.1) is 0 Å². The van der Waals surface area contributed by atoms with Gasteiger partial charge in [0.2, 0.25) is 0 Å². The zero-order valence-electron chi connectivity index (χ0n) is 9.00. The van der Waals surface area contributed by atoms with Crippen LogP contribution in [0.15, 0.2) is 0 Å². The highest BCUT2D eigenvalue weighted by molar-refractivity contribution is 5.03. The van der Waals surface area contributed by atoms with Crippen LogP contribution < -0.4 is 0 Å². The third-order valence-electron chi connectivity index (χ3n) is 2.37. The van der Waals surface area contributed by atoms with E-state index in [4.69, 9.17) is 0 Å². The minimum Gasteiger partial charge on any atom is -0.231 e. The highest BCUT2D eigenvalue weighted by atomic mass is 19.4. The van der Waals surface area contributed by atoms with Crippen LogP contribution in [0.4, 0.5) is 35.1 Å². The van der Waals surface area contributed by atoms with E-state index in [0.29, 0.717) is 6.42 Å². The van der Waals surface area contributed by atoms with Gasteiger partial charge < -0.3 is 0 Å². The largest absolute Gasteiger partial charge is 0.460 e. The molecule has 1 saturated heterocycles. The highest BCUT2D eigenvalue weighted by Gasteiger charge is 2.88. The summed E-state index contributed by atoms with van der Waals surface area (Å²) >= 11 is 0. The fourth-order valence-electron chi connectivity index (χ4n) is 1.20. The lowest BCUT2D eigenvalue weighted by Crippen LogP contribution is -2.59. The van der Waals surface area contributed by atoms with E-state index in [1.54, 1.807) is 6.92 Å². The standard InChI is InChI=1S/C8H9F8NO/c1-2-3-4-17-8(16,18-17)6(11,12)5(9,10)7(13,14)15/h2-4H2,1H3/t8-,17?/m0/s1. The third-order valence-corrected chi connectivity index (χ3v) is 2.37. The number of halogens is 8. The Labute approximate surface area is 96.4 Å². The number of hydroxylamine groups is 2. The van der Waals surface area contributed by atoms with Crippen molar-refractivity contribution in [3.05, 3.63) is 0 Å². The van der Waals surface area contributed by atoms with Crippen molar-refractivity contribution >= 4 is 0 Å². The number of nitrogens with zero attached hydrogens (tertiary/aromatic N) is 1. The van der Waals surface area contributed by atoms with Crippen molar-refractivity contribution in [1.82, 2.24) is 5.06 Å². The maximum atomic E-state index is 13.3. The van der Waals surface area contributed by atoms with E-state index in [1.165, 1.54) is 0 Å². The molecular weight excluding hydrogens is 278 g/mol. The quantitative estimate of drug-likeness (QED) is 0.437. The van der Waals surface area contributed by atoms with Crippen molar-refractivity contribution in [2.45, 2.75) is 43.8 Å². The van der Waals surface area contributed by atoms with Crippen molar-refractivity contribution in [2.75, 3.05) is 6.54 Å². The molecule has 1 rings (SSSR count).